The van der Waals surface area contributed by atoms with E-state index in [1.54, 1.807) is 17.4 Å². The molecule has 0 unspecified atom stereocenters. The highest BCUT2D eigenvalue weighted by atomic mass is 32.1. The van der Waals surface area contributed by atoms with Gasteiger partial charge in [0.05, 0.1) is 12.2 Å². The zero-order chi connectivity index (χ0) is 14.1. The van der Waals surface area contributed by atoms with Gasteiger partial charge in [-0.2, -0.15) is 0 Å². The Morgan fingerprint density at radius 1 is 1.35 bits per heavy atom. The Hall–Kier alpha value is -1.39. The Morgan fingerprint density at radius 2 is 2.15 bits per heavy atom. The van der Waals surface area contributed by atoms with Crippen LogP contribution in [0.25, 0.3) is 0 Å². The van der Waals surface area contributed by atoms with E-state index in [2.05, 4.69) is 16.3 Å². The fourth-order valence-electron chi connectivity index (χ4n) is 2.55. The highest BCUT2D eigenvalue weighted by molar-refractivity contribution is 7.09. The van der Waals surface area contributed by atoms with Crippen LogP contribution >= 0.6 is 11.3 Å². The van der Waals surface area contributed by atoms with Crippen LogP contribution in [0.4, 0.5) is 10.1 Å². The number of nitrogens with zero attached hydrogens (tertiary/aromatic N) is 1. The van der Waals surface area contributed by atoms with Crippen molar-refractivity contribution in [3.8, 4) is 0 Å². The number of nitrogens with two attached hydrogens (primary N) is 1. The molecule has 3 rings (SSSR count). The van der Waals surface area contributed by atoms with Crippen LogP contribution in [-0.4, -0.2) is 6.04 Å². The van der Waals surface area contributed by atoms with Crippen LogP contribution in [-0.2, 0) is 6.54 Å². The predicted molar refractivity (Wildman–Crippen MR) is 82.5 cm³/mol. The van der Waals surface area contributed by atoms with Crippen molar-refractivity contribution < 1.29 is 4.39 Å². The second kappa shape index (κ2) is 5.54. The molecule has 2 aromatic rings. The van der Waals surface area contributed by atoms with Crippen molar-refractivity contribution in [1.82, 2.24) is 0 Å². The first-order chi connectivity index (χ1) is 9.66. The average molecular weight is 290 g/mol. The fraction of sp³-hybridized carbons (Fsp3) is 0.375. The molecule has 1 heterocycles. The molecule has 1 saturated carbocycles. The first-order valence-electron chi connectivity index (χ1n) is 7.00. The topological polar surface area (TPSA) is 29.3 Å². The number of anilines is 1. The van der Waals surface area contributed by atoms with Crippen LogP contribution < -0.4 is 10.6 Å². The summed E-state index contributed by atoms with van der Waals surface area (Å²) in [4.78, 5) is 3.45. The summed E-state index contributed by atoms with van der Waals surface area (Å²) in [6, 6.07) is 9.65. The molecule has 0 aliphatic heterocycles. The van der Waals surface area contributed by atoms with Crippen molar-refractivity contribution in [3.05, 3.63) is 52.0 Å². The summed E-state index contributed by atoms with van der Waals surface area (Å²) in [6.45, 7) is 2.68. The van der Waals surface area contributed by atoms with Gasteiger partial charge in [0.15, 0.2) is 0 Å². The molecular weight excluding hydrogens is 271 g/mol. The third-order valence-corrected chi connectivity index (χ3v) is 4.55. The van der Waals surface area contributed by atoms with E-state index in [-0.39, 0.29) is 11.9 Å². The van der Waals surface area contributed by atoms with E-state index >= 15 is 0 Å². The number of benzene rings is 1. The van der Waals surface area contributed by atoms with Gasteiger partial charge < -0.3 is 10.6 Å². The van der Waals surface area contributed by atoms with E-state index in [9.17, 15) is 4.39 Å². The van der Waals surface area contributed by atoms with Gasteiger partial charge in [-0.25, -0.2) is 4.39 Å². The number of hydrogen-bond acceptors (Lipinski definition) is 3. The maximum atomic E-state index is 14.4. The Kier molecular flexibility index (Phi) is 3.76. The Labute approximate surface area is 123 Å². The molecule has 0 amide bonds. The Morgan fingerprint density at radius 3 is 2.75 bits per heavy atom. The summed E-state index contributed by atoms with van der Waals surface area (Å²) in [5.41, 5.74) is 7.61. The number of rotatable bonds is 5. The van der Waals surface area contributed by atoms with Gasteiger partial charge in [-0.3, -0.25) is 0 Å². The third-order valence-electron chi connectivity index (χ3n) is 3.69. The van der Waals surface area contributed by atoms with Gasteiger partial charge in [-0.05, 0) is 42.8 Å². The lowest BCUT2D eigenvalue weighted by Gasteiger charge is -2.28. The molecular formula is C16H19FN2S. The van der Waals surface area contributed by atoms with E-state index in [1.807, 2.05) is 19.1 Å². The van der Waals surface area contributed by atoms with E-state index in [0.717, 1.165) is 24.9 Å². The summed E-state index contributed by atoms with van der Waals surface area (Å²) in [5, 5.41) is 2.06. The molecule has 0 radical (unpaired) electrons. The summed E-state index contributed by atoms with van der Waals surface area (Å²) >= 11 is 1.72. The lowest BCUT2D eigenvalue weighted by Crippen LogP contribution is -2.28. The standard InChI is InChI=1S/C16H19FN2S/c1-11(18)14-5-2-6-15(17)16(14)19(12-7-8-12)10-13-4-3-9-20-13/h2-6,9,11-12H,7-8,10,18H2,1H3/t11-/m1/s1. The maximum Gasteiger partial charge on any atom is 0.146 e. The molecule has 0 bridgehead atoms. The number of hydrogen-bond donors (Lipinski definition) is 1. The van der Waals surface area contributed by atoms with Gasteiger partial charge in [-0.1, -0.05) is 18.2 Å². The largest absolute Gasteiger partial charge is 0.361 e. The molecule has 2 nitrogen and oxygen atoms in total. The molecule has 1 aliphatic rings. The number of thiophene rings is 1. The van der Waals surface area contributed by atoms with Crippen LogP contribution in [0, 0.1) is 5.82 Å². The van der Waals surface area contributed by atoms with E-state index < -0.39 is 0 Å². The smallest absolute Gasteiger partial charge is 0.146 e. The van der Waals surface area contributed by atoms with E-state index in [1.165, 1.54) is 10.9 Å². The quantitative estimate of drug-likeness (QED) is 0.899. The van der Waals surface area contributed by atoms with Gasteiger partial charge in [-0.15, -0.1) is 11.3 Å². The molecule has 1 aromatic carbocycles. The molecule has 0 spiro atoms. The first kappa shape index (κ1) is 13.6. The normalized spacial score (nSPS) is 16.1. The van der Waals surface area contributed by atoms with Crippen LogP contribution in [0.5, 0.6) is 0 Å². The minimum Gasteiger partial charge on any atom is -0.361 e. The van der Waals surface area contributed by atoms with Crippen LogP contribution in [0.2, 0.25) is 0 Å². The van der Waals surface area contributed by atoms with Crippen LogP contribution in [0.15, 0.2) is 35.7 Å². The Bertz CT molecular complexity index is 576. The van der Waals surface area contributed by atoms with Gasteiger partial charge in [0.2, 0.25) is 0 Å². The fourth-order valence-corrected chi connectivity index (χ4v) is 3.25. The highest BCUT2D eigenvalue weighted by Gasteiger charge is 2.32. The summed E-state index contributed by atoms with van der Waals surface area (Å²) in [6.07, 6.45) is 2.27. The maximum absolute atomic E-state index is 14.4. The zero-order valence-corrected chi connectivity index (χ0v) is 12.4. The second-order valence-electron chi connectivity index (χ2n) is 5.40. The van der Waals surface area contributed by atoms with Gasteiger partial charge in [0, 0.05) is 17.0 Å². The minimum atomic E-state index is -0.164. The summed E-state index contributed by atoms with van der Waals surface area (Å²) in [5.74, 6) is -0.164. The van der Waals surface area contributed by atoms with E-state index in [0.29, 0.717) is 11.7 Å². The molecule has 1 fully saturated rings. The zero-order valence-electron chi connectivity index (χ0n) is 11.6. The van der Waals surface area contributed by atoms with Crippen molar-refractivity contribution in [3.63, 3.8) is 0 Å². The molecule has 1 aromatic heterocycles. The SMILES string of the molecule is C[C@@H](N)c1cccc(F)c1N(Cc1cccs1)C1CC1. The monoisotopic (exact) mass is 290 g/mol. The molecule has 106 valence electrons. The summed E-state index contributed by atoms with van der Waals surface area (Å²) in [7, 11) is 0. The Balaban J connectivity index is 1.99. The third kappa shape index (κ3) is 2.72. The average Bonchev–Trinajstić information content (AvgIpc) is 3.13. The molecule has 1 aliphatic carbocycles. The second-order valence-corrected chi connectivity index (χ2v) is 6.44. The molecule has 0 saturated heterocycles. The van der Waals surface area contributed by atoms with Crippen molar-refractivity contribution in [2.75, 3.05) is 4.90 Å². The summed E-state index contributed by atoms with van der Waals surface area (Å²) < 4.78 is 14.4. The van der Waals surface area contributed by atoms with Gasteiger partial charge in [0.1, 0.15) is 5.82 Å². The van der Waals surface area contributed by atoms with Gasteiger partial charge >= 0.3 is 0 Å². The van der Waals surface area contributed by atoms with Crippen LogP contribution in [0.1, 0.15) is 36.2 Å². The highest BCUT2D eigenvalue weighted by Crippen LogP contribution is 2.38. The first-order valence-corrected chi connectivity index (χ1v) is 7.88. The predicted octanol–water partition coefficient (Wildman–Crippen LogP) is 4.08. The minimum absolute atomic E-state index is 0.162. The number of para-hydroxylation sites is 1. The lowest BCUT2D eigenvalue weighted by molar-refractivity contribution is 0.608. The van der Waals surface area contributed by atoms with Gasteiger partial charge in [0.25, 0.3) is 0 Å². The van der Waals surface area contributed by atoms with Crippen molar-refractivity contribution in [2.24, 2.45) is 5.73 Å². The van der Waals surface area contributed by atoms with Crippen molar-refractivity contribution >= 4 is 17.0 Å². The van der Waals surface area contributed by atoms with Crippen molar-refractivity contribution in [2.45, 2.75) is 38.4 Å². The van der Waals surface area contributed by atoms with E-state index in [4.69, 9.17) is 5.73 Å². The molecule has 1 atom stereocenters. The van der Waals surface area contributed by atoms with Crippen molar-refractivity contribution in [1.29, 1.82) is 0 Å². The molecule has 4 heteroatoms. The molecule has 20 heavy (non-hydrogen) atoms. The molecule has 2 N–H and O–H groups in total. The lowest BCUT2D eigenvalue weighted by atomic mass is 10.0. The van der Waals surface area contributed by atoms with Crippen LogP contribution in [0.3, 0.4) is 0 Å². The number of halogens is 1.